The number of benzene rings is 1. The largest absolute Gasteiger partial charge is 0.307 e. The number of H-pyrrole nitrogens is 1. The molecule has 0 aliphatic carbocycles. The van der Waals surface area contributed by atoms with Gasteiger partial charge in [-0.1, -0.05) is 0 Å². The van der Waals surface area contributed by atoms with E-state index in [1.165, 1.54) is 30.5 Å². The third kappa shape index (κ3) is 3.89. The van der Waals surface area contributed by atoms with Crippen LogP contribution >= 0.6 is 0 Å². The van der Waals surface area contributed by atoms with Crippen molar-refractivity contribution >= 4 is 21.7 Å². The predicted octanol–water partition coefficient (Wildman–Crippen LogP) is 1.35. The molecule has 7 nitrogen and oxygen atoms in total. The number of amides is 1. The molecule has 1 heterocycles. The normalized spacial score (nSPS) is 11.6. The molecule has 1 aromatic carbocycles. The van der Waals surface area contributed by atoms with Crippen molar-refractivity contribution in [1.82, 2.24) is 14.9 Å². The number of anilines is 1. The molecular weight excluding hydrogens is 292 g/mol. The molecule has 2 aromatic rings. The van der Waals surface area contributed by atoms with E-state index in [9.17, 15) is 13.2 Å². The van der Waals surface area contributed by atoms with E-state index in [0.29, 0.717) is 11.4 Å². The van der Waals surface area contributed by atoms with Crippen molar-refractivity contribution in [3.63, 3.8) is 0 Å². The lowest BCUT2D eigenvalue weighted by Gasteiger charge is -2.10. The Hall–Kier alpha value is -2.19. The van der Waals surface area contributed by atoms with E-state index >= 15 is 0 Å². The van der Waals surface area contributed by atoms with E-state index in [4.69, 9.17) is 0 Å². The van der Waals surface area contributed by atoms with Crippen LogP contribution in [0.4, 0.5) is 5.82 Å². The second kappa shape index (κ2) is 6.06. The Morgan fingerprint density at radius 2 is 1.86 bits per heavy atom. The Bertz CT molecular complexity index is 706. The SMILES string of the molecule is CC(C)NS(=O)(=O)c1ccc(C(=O)Nc2ccn[nH]2)cc1. The second-order valence-electron chi connectivity index (χ2n) is 4.72. The molecule has 112 valence electrons. The molecule has 0 fully saturated rings. The van der Waals surface area contributed by atoms with Gasteiger partial charge in [-0.15, -0.1) is 0 Å². The zero-order valence-corrected chi connectivity index (χ0v) is 12.4. The third-order valence-corrected chi connectivity index (χ3v) is 4.24. The molecule has 1 aromatic heterocycles. The van der Waals surface area contributed by atoms with Crippen LogP contribution in [0.1, 0.15) is 24.2 Å². The minimum atomic E-state index is -3.55. The van der Waals surface area contributed by atoms with Crippen molar-refractivity contribution in [2.75, 3.05) is 5.32 Å². The Kier molecular flexibility index (Phi) is 4.39. The molecule has 3 N–H and O–H groups in total. The Labute approximate surface area is 122 Å². The maximum atomic E-state index is 12.0. The topological polar surface area (TPSA) is 104 Å². The minimum absolute atomic E-state index is 0.120. The van der Waals surface area contributed by atoms with Crippen LogP contribution in [0.5, 0.6) is 0 Å². The van der Waals surface area contributed by atoms with Crippen molar-refractivity contribution in [2.24, 2.45) is 0 Å². The molecule has 0 saturated heterocycles. The minimum Gasteiger partial charge on any atom is -0.307 e. The molecule has 0 bridgehead atoms. The van der Waals surface area contributed by atoms with E-state index < -0.39 is 10.0 Å². The first-order valence-corrected chi connectivity index (χ1v) is 7.80. The number of aromatic nitrogens is 2. The first-order chi connectivity index (χ1) is 9.88. The zero-order chi connectivity index (χ0) is 15.5. The van der Waals surface area contributed by atoms with Gasteiger partial charge in [0, 0.05) is 17.7 Å². The highest BCUT2D eigenvalue weighted by Crippen LogP contribution is 2.12. The van der Waals surface area contributed by atoms with Gasteiger partial charge in [-0.05, 0) is 38.1 Å². The van der Waals surface area contributed by atoms with Crippen molar-refractivity contribution < 1.29 is 13.2 Å². The quantitative estimate of drug-likeness (QED) is 0.775. The molecule has 0 aliphatic heterocycles. The number of carbonyl (C=O) groups excluding carboxylic acids is 1. The summed E-state index contributed by atoms with van der Waals surface area (Å²) in [7, 11) is -3.55. The molecular formula is C13H16N4O3S. The Morgan fingerprint density at radius 1 is 1.19 bits per heavy atom. The van der Waals surface area contributed by atoms with Crippen LogP contribution in [-0.4, -0.2) is 30.6 Å². The van der Waals surface area contributed by atoms with Crippen molar-refractivity contribution in [3.05, 3.63) is 42.1 Å². The van der Waals surface area contributed by atoms with E-state index in [1.54, 1.807) is 19.9 Å². The maximum absolute atomic E-state index is 12.0. The summed E-state index contributed by atoms with van der Waals surface area (Å²) >= 11 is 0. The van der Waals surface area contributed by atoms with Gasteiger partial charge in [0.15, 0.2) is 0 Å². The average molecular weight is 308 g/mol. The Morgan fingerprint density at radius 3 is 2.38 bits per heavy atom. The summed E-state index contributed by atoms with van der Waals surface area (Å²) in [5.74, 6) is 0.123. The molecule has 0 atom stereocenters. The first-order valence-electron chi connectivity index (χ1n) is 6.31. The van der Waals surface area contributed by atoms with E-state index in [1.807, 2.05) is 0 Å². The molecule has 0 saturated carbocycles. The van der Waals surface area contributed by atoms with Crippen LogP contribution in [0.15, 0.2) is 41.4 Å². The van der Waals surface area contributed by atoms with Gasteiger partial charge in [-0.3, -0.25) is 9.89 Å². The van der Waals surface area contributed by atoms with Gasteiger partial charge in [-0.25, -0.2) is 13.1 Å². The number of hydrogen-bond acceptors (Lipinski definition) is 4. The fourth-order valence-electron chi connectivity index (χ4n) is 1.68. The Balaban J connectivity index is 2.13. The van der Waals surface area contributed by atoms with Gasteiger partial charge in [0.1, 0.15) is 5.82 Å². The summed E-state index contributed by atoms with van der Waals surface area (Å²) in [5, 5.41) is 8.93. The monoisotopic (exact) mass is 308 g/mol. The molecule has 1 amide bonds. The van der Waals surface area contributed by atoms with Crippen molar-refractivity contribution in [2.45, 2.75) is 24.8 Å². The highest BCUT2D eigenvalue weighted by Gasteiger charge is 2.16. The number of rotatable bonds is 5. The average Bonchev–Trinajstić information content (AvgIpc) is 2.90. The molecule has 2 rings (SSSR count). The summed E-state index contributed by atoms with van der Waals surface area (Å²) in [6.07, 6.45) is 1.52. The standard InChI is InChI=1S/C13H16N4O3S/c1-9(2)17-21(19,20)11-5-3-10(4-6-11)13(18)15-12-7-8-14-16-12/h3-9,17H,1-2H3,(H2,14,15,16,18). The fourth-order valence-corrected chi connectivity index (χ4v) is 2.93. The van der Waals surface area contributed by atoms with Crippen molar-refractivity contribution in [3.8, 4) is 0 Å². The molecule has 0 radical (unpaired) electrons. The van der Waals surface area contributed by atoms with Crippen LogP contribution in [0.25, 0.3) is 0 Å². The van der Waals surface area contributed by atoms with Crippen LogP contribution in [0, 0.1) is 0 Å². The lowest BCUT2D eigenvalue weighted by Crippen LogP contribution is -2.30. The number of nitrogens with zero attached hydrogens (tertiary/aromatic N) is 1. The predicted molar refractivity (Wildman–Crippen MR) is 78.4 cm³/mol. The number of hydrogen-bond donors (Lipinski definition) is 3. The second-order valence-corrected chi connectivity index (χ2v) is 6.44. The van der Waals surface area contributed by atoms with Crippen LogP contribution in [0.3, 0.4) is 0 Å². The van der Waals surface area contributed by atoms with Gasteiger partial charge in [0.25, 0.3) is 5.91 Å². The lowest BCUT2D eigenvalue weighted by atomic mass is 10.2. The molecule has 0 aliphatic rings. The summed E-state index contributed by atoms with van der Waals surface area (Å²) in [5.41, 5.74) is 0.355. The van der Waals surface area contributed by atoms with E-state index in [-0.39, 0.29) is 16.8 Å². The van der Waals surface area contributed by atoms with Gasteiger partial charge in [0.2, 0.25) is 10.0 Å². The van der Waals surface area contributed by atoms with Gasteiger partial charge >= 0.3 is 0 Å². The highest BCUT2D eigenvalue weighted by molar-refractivity contribution is 7.89. The molecule has 8 heteroatoms. The van der Waals surface area contributed by atoms with Gasteiger partial charge < -0.3 is 5.32 Å². The van der Waals surface area contributed by atoms with Crippen LogP contribution in [-0.2, 0) is 10.0 Å². The lowest BCUT2D eigenvalue weighted by molar-refractivity contribution is 0.102. The maximum Gasteiger partial charge on any atom is 0.256 e. The summed E-state index contributed by atoms with van der Waals surface area (Å²) in [6.45, 7) is 3.48. The number of nitrogens with one attached hydrogen (secondary N) is 3. The molecule has 0 spiro atoms. The van der Waals surface area contributed by atoms with Crippen LogP contribution < -0.4 is 10.0 Å². The number of carbonyl (C=O) groups is 1. The van der Waals surface area contributed by atoms with E-state index in [2.05, 4.69) is 20.2 Å². The zero-order valence-electron chi connectivity index (χ0n) is 11.6. The number of sulfonamides is 1. The summed E-state index contributed by atoms with van der Waals surface area (Å²) < 4.78 is 26.4. The van der Waals surface area contributed by atoms with Gasteiger partial charge in [-0.2, -0.15) is 5.10 Å². The fraction of sp³-hybridized carbons (Fsp3) is 0.231. The number of aromatic amines is 1. The summed E-state index contributed by atoms with van der Waals surface area (Å²) in [4.78, 5) is 12.0. The first kappa shape index (κ1) is 15.2. The summed E-state index contributed by atoms with van der Waals surface area (Å²) in [6, 6.07) is 7.13. The van der Waals surface area contributed by atoms with Crippen LogP contribution in [0.2, 0.25) is 0 Å². The molecule has 21 heavy (non-hydrogen) atoms. The highest BCUT2D eigenvalue weighted by atomic mass is 32.2. The van der Waals surface area contributed by atoms with Crippen molar-refractivity contribution in [1.29, 1.82) is 0 Å². The van der Waals surface area contributed by atoms with E-state index in [0.717, 1.165) is 0 Å². The smallest absolute Gasteiger partial charge is 0.256 e. The van der Waals surface area contributed by atoms with Gasteiger partial charge in [0.05, 0.1) is 11.1 Å². The molecule has 0 unspecified atom stereocenters. The third-order valence-electron chi connectivity index (χ3n) is 2.57.